The second-order valence-electron chi connectivity index (χ2n) is 6.06. The zero-order valence-electron chi connectivity index (χ0n) is 13.0. The first-order chi connectivity index (χ1) is 9.83. The van der Waals surface area contributed by atoms with Gasteiger partial charge in [0, 0.05) is 0 Å². The van der Waals surface area contributed by atoms with Gasteiger partial charge in [-0.25, -0.2) is 0 Å². The Morgan fingerprint density at radius 3 is 2.75 bits per heavy atom. The highest BCUT2D eigenvalue weighted by Crippen LogP contribution is 2.32. The van der Waals surface area contributed by atoms with Gasteiger partial charge in [0.1, 0.15) is 5.75 Å². The number of ether oxygens (including phenoxy) is 1. The molecule has 0 heterocycles. The van der Waals surface area contributed by atoms with Crippen LogP contribution in [0.1, 0.15) is 44.6 Å². The molecule has 1 N–H and O–H groups in total. The van der Waals surface area contributed by atoms with E-state index in [0.29, 0.717) is 0 Å². The van der Waals surface area contributed by atoms with E-state index in [-0.39, 0.29) is 0 Å². The van der Waals surface area contributed by atoms with Crippen molar-refractivity contribution >= 4 is 0 Å². The predicted octanol–water partition coefficient (Wildman–Crippen LogP) is 4.04. The molecule has 2 rings (SSSR count). The summed E-state index contributed by atoms with van der Waals surface area (Å²) in [7, 11) is 1.75. The maximum absolute atomic E-state index is 5.34. The average molecular weight is 275 g/mol. The van der Waals surface area contributed by atoms with Crippen LogP contribution in [0.2, 0.25) is 0 Å². The standard InChI is InChI=1S/C18H29NO/c1-3-11-19-14-17-9-5-4-8-16(17)12-15-7-6-10-18(13-15)20-2/h6-7,10,13,16-17,19H,3-5,8-9,11-12,14H2,1-2H3. The Hall–Kier alpha value is -1.02. The van der Waals surface area contributed by atoms with Crippen LogP contribution >= 0.6 is 0 Å². The van der Waals surface area contributed by atoms with E-state index in [0.717, 1.165) is 24.1 Å². The number of hydrogen-bond donors (Lipinski definition) is 1. The fourth-order valence-corrected chi connectivity index (χ4v) is 3.39. The summed E-state index contributed by atoms with van der Waals surface area (Å²) in [4.78, 5) is 0. The summed E-state index contributed by atoms with van der Waals surface area (Å²) in [5.41, 5.74) is 1.43. The molecule has 0 aromatic heterocycles. The van der Waals surface area contributed by atoms with Crippen molar-refractivity contribution in [2.45, 2.75) is 45.4 Å². The predicted molar refractivity (Wildman–Crippen MR) is 85.3 cm³/mol. The van der Waals surface area contributed by atoms with Crippen molar-refractivity contribution < 1.29 is 4.74 Å². The molecule has 0 aliphatic heterocycles. The van der Waals surface area contributed by atoms with E-state index >= 15 is 0 Å². The molecule has 1 fully saturated rings. The Kier molecular flexibility index (Phi) is 6.38. The third-order valence-electron chi connectivity index (χ3n) is 4.53. The van der Waals surface area contributed by atoms with E-state index in [1.807, 2.05) is 6.07 Å². The Bertz CT molecular complexity index is 391. The first kappa shape index (κ1) is 15.4. The van der Waals surface area contributed by atoms with E-state index in [9.17, 15) is 0 Å². The molecule has 2 atom stereocenters. The summed E-state index contributed by atoms with van der Waals surface area (Å²) >= 11 is 0. The third-order valence-corrected chi connectivity index (χ3v) is 4.53. The van der Waals surface area contributed by atoms with Gasteiger partial charge in [0.15, 0.2) is 0 Å². The topological polar surface area (TPSA) is 21.3 Å². The van der Waals surface area contributed by atoms with Crippen LogP contribution in [0, 0.1) is 11.8 Å². The molecular weight excluding hydrogens is 246 g/mol. The fraction of sp³-hybridized carbons (Fsp3) is 0.667. The highest BCUT2D eigenvalue weighted by molar-refractivity contribution is 5.28. The fourth-order valence-electron chi connectivity index (χ4n) is 3.39. The Morgan fingerprint density at radius 1 is 1.20 bits per heavy atom. The SMILES string of the molecule is CCCNCC1CCCCC1Cc1cccc(OC)c1. The summed E-state index contributed by atoms with van der Waals surface area (Å²) in [5.74, 6) is 2.67. The first-order valence-electron chi connectivity index (χ1n) is 8.17. The van der Waals surface area contributed by atoms with E-state index in [2.05, 4.69) is 30.4 Å². The van der Waals surface area contributed by atoms with Crippen LogP contribution in [0.4, 0.5) is 0 Å². The van der Waals surface area contributed by atoms with Gasteiger partial charge in [-0.15, -0.1) is 0 Å². The number of benzene rings is 1. The molecule has 0 bridgehead atoms. The Balaban J connectivity index is 1.93. The molecule has 0 radical (unpaired) electrons. The first-order valence-corrected chi connectivity index (χ1v) is 8.17. The number of nitrogens with one attached hydrogen (secondary N) is 1. The van der Waals surface area contributed by atoms with Crippen LogP contribution in [-0.2, 0) is 6.42 Å². The Labute approximate surface area is 123 Å². The normalized spacial score (nSPS) is 22.7. The third kappa shape index (κ3) is 4.52. The van der Waals surface area contributed by atoms with E-state index in [1.165, 1.54) is 50.6 Å². The highest BCUT2D eigenvalue weighted by atomic mass is 16.5. The van der Waals surface area contributed by atoms with Crippen molar-refractivity contribution in [1.82, 2.24) is 5.32 Å². The molecule has 1 saturated carbocycles. The van der Waals surface area contributed by atoms with Gasteiger partial charge >= 0.3 is 0 Å². The molecule has 20 heavy (non-hydrogen) atoms. The molecule has 2 heteroatoms. The van der Waals surface area contributed by atoms with Crippen LogP contribution < -0.4 is 10.1 Å². The molecule has 0 amide bonds. The van der Waals surface area contributed by atoms with Crippen LogP contribution in [0.25, 0.3) is 0 Å². The molecule has 1 aliphatic rings. The lowest BCUT2D eigenvalue weighted by Crippen LogP contribution is -2.32. The van der Waals surface area contributed by atoms with Crippen molar-refractivity contribution in [1.29, 1.82) is 0 Å². The summed E-state index contributed by atoms with van der Waals surface area (Å²) in [5, 5.41) is 3.62. The minimum atomic E-state index is 0.834. The Morgan fingerprint density at radius 2 is 2.00 bits per heavy atom. The van der Waals surface area contributed by atoms with Crippen molar-refractivity contribution in [3.05, 3.63) is 29.8 Å². The number of rotatable bonds is 7. The average Bonchev–Trinajstić information content (AvgIpc) is 2.49. The smallest absolute Gasteiger partial charge is 0.119 e. The van der Waals surface area contributed by atoms with Crippen LogP contribution in [0.3, 0.4) is 0 Å². The summed E-state index contributed by atoms with van der Waals surface area (Å²) < 4.78 is 5.34. The molecule has 112 valence electrons. The minimum Gasteiger partial charge on any atom is -0.497 e. The zero-order valence-corrected chi connectivity index (χ0v) is 13.0. The van der Waals surface area contributed by atoms with E-state index in [1.54, 1.807) is 7.11 Å². The summed E-state index contributed by atoms with van der Waals surface area (Å²) in [6.07, 6.45) is 8.02. The lowest BCUT2D eigenvalue weighted by Gasteiger charge is -2.32. The number of hydrogen-bond acceptors (Lipinski definition) is 2. The van der Waals surface area contributed by atoms with Gasteiger partial charge in [-0.05, 0) is 68.3 Å². The van der Waals surface area contributed by atoms with E-state index in [4.69, 9.17) is 4.74 Å². The number of methoxy groups -OCH3 is 1. The minimum absolute atomic E-state index is 0.834. The van der Waals surface area contributed by atoms with Crippen LogP contribution in [0.5, 0.6) is 5.75 Å². The molecule has 0 spiro atoms. The van der Waals surface area contributed by atoms with Gasteiger partial charge in [0.05, 0.1) is 7.11 Å². The van der Waals surface area contributed by atoms with Gasteiger partial charge in [0.25, 0.3) is 0 Å². The molecule has 2 nitrogen and oxygen atoms in total. The van der Waals surface area contributed by atoms with Crippen molar-refractivity contribution in [3.8, 4) is 5.75 Å². The highest BCUT2D eigenvalue weighted by Gasteiger charge is 2.24. The zero-order chi connectivity index (χ0) is 14.2. The molecule has 1 aromatic rings. The quantitative estimate of drug-likeness (QED) is 0.758. The van der Waals surface area contributed by atoms with E-state index < -0.39 is 0 Å². The molecular formula is C18H29NO. The maximum atomic E-state index is 5.34. The van der Waals surface area contributed by atoms with Crippen LogP contribution in [0.15, 0.2) is 24.3 Å². The van der Waals surface area contributed by atoms with Crippen molar-refractivity contribution in [2.24, 2.45) is 11.8 Å². The van der Waals surface area contributed by atoms with Gasteiger partial charge < -0.3 is 10.1 Å². The van der Waals surface area contributed by atoms with Gasteiger partial charge in [-0.1, -0.05) is 31.9 Å². The summed E-state index contributed by atoms with van der Waals surface area (Å²) in [6.45, 7) is 4.59. The second-order valence-corrected chi connectivity index (χ2v) is 6.06. The van der Waals surface area contributed by atoms with Crippen LogP contribution in [-0.4, -0.2) is 20.2 Å². The van der Waals surface area contributed by atoms with Gasteiger partial charge in [-0.3, -0.25) is 0 Å². The van der Waals surface area contributed by atoms with Gasteiger partial charge in [0.2, 0.25) is 0 Å². The lowest BCUT2D eigenvalue weighted by atomic mass is 9.76. The molecule has 1 aliphatic carbocycles. The molecule has 2 unspecified atom stereocenters. The summed E-state index contributed by atoms with van der Waals surface area (Å²) in [6, 6.07) is 8.59. The largest absolute Gasteiger partial charge is 0.497 e. The van der Waals surface area contributed by atoms with Gasteiger partial charge in [-0.2, -0.15) is 0 Å². The molecule has 1 aromatic carbocycles. The van der Waals surface area contributed by atoms with Crippen molar-refractivity contribution in [3.63, 3.8) is 0 Å². The maximum Gasteiger partial charge on any atom is 0.119 e. The lowest BCUT2D eigenvalue weighted by molar-refractivity contribution is 0.228. The second kappa shape index (κ2) is 8.31. The molecule has 0 saturated heterocycles. The monoisotopic (exact) mass is 275 g/mol. The van der Waals surface area contributed by atoms with Crippen molar-refractivity contribution in [2.75, 3.05) is 20.2 Å².